The third-order valence-electron chi connectivity index (χ3n) is 2.59. The van der Waals surface area contributed by atoms with Crippen molar-refractivity contribution in [3.05, 3.63) is 23.8 Å². The van der Waals surface area contributed by atoms with Crippen LogP contribution in [0.4, 0.5) is 0 Å². The van der Waals surface area contributed by atoms with Crippen LogP contribution in [0.1, 0.15) is 29.4 Å². The van der Waals surface area contributed by atoms with E-state index in [9.17, 15) is 9.59 Å². The average molecular weight is 237 g/mol. The first-order chi connectivity index (χ1) is 7.93. The minimum atomic E-state index is -0.932. The van der Waals surface area contributed by atoms with Gasteiger partial charge in [0.25, 0.3) is 5.91 Å². The summed E-state index contributed by atoms with van der Waals surface area (Å²) in [6.07, 6.45) is 2.72. The summed E-state index contributed by atoms with van der Waals surface area (Å²) in [5, 5.41) is 8.68. The summed E-state index contributed by atoms with van der Waals surface area (Å²) in [6, 6.07) is -0.375. The molecular formula is C11H15N3O3. The summed E-state index contributed by atoms with van der Waals surface area (Å²) in [4.78, 5) is 31.7. The average Bonchev–Trinajstić information content (AvgIpc) is 2.27. The van der Waals surface area contributed by atoms with Gasteiger partial charge in [0.05, 0.1) is 17.7 Å². The number of carboxylic acid groups (broad SMARTS) is 1. The van der Waals surface area contributed by atoms with Gasteiger partial charge in [-0.05, 0) is 13.8 Å². The number of aryl methyl sites for hydroxylation is 1. The SMILES string of the molecule is Cc1ncncc1C(=O)N(C)C(C)CC(=O)O. The number of aliphatic carboxylic acids is 1. The van der Waals surface area contributed by atoms with Gasteiger partial charge in [0.15, 0.2) is 0 Å². The Balaban J connectivity index is 2.83. The number of amides is 1. The molecule has 0 bridgehead atoms. The van der Waals surface area contributed by atoms with Crippen LogP contribution in [-0.4, -0.2) is 44.9 Å². The number of hydrogen-bond acceptors (Lipinski definition) is 4. The lowest BCUT2D eigenvalue weighted by Gasteiger charge is -2.23. The normalized spacial score (nSPS) is 11.9. The summed E-state index contributed by atoms with van der Waals surface area (Å²) in [6.45, 7) is 3.40. The maximum Gasteiger partial charge on any atom is 0.305 e. The van der Waals surface area contributed by atoms with Gasteiger partial charge in [-0.2, -0.15) is 0 Å². The molecule has 0 spiro atoms. The molecule has 1 heterocycles. The first-order valence-electron chi connectivity index (χ1n) is 5.19. The molecule has 92 valence electrons. The number of carbonyl (C=O) groups excluding carboxylic acids is 1. The van der Waals surface area contributed by atoms with E-state index in [0.717, 1.165) is 0 Å². The Kier molecular flexibility index (Phi) is 4.14. The molecule has 0 aliphatic carbocycles. The maximum absolute atomic E-state index is 12.0. The molecular weight excluding hydrogens is 222 g/mol. The number of carboxylic acids is 1. The van der Waals surface area contributed by atoms with Gasteiger partial charge in [-0.15, -0.1) is 0 Å². The number of nitrogens with zero attached hydrogens (tertiary/aromatic N) is 3. The highest BCUT2D eigenvalue weighted by Gasteiger charge is 2.21. The molecule has 0 saturated carbocycles. The van der Waals surface area contributed by atoms with E-state index in [1.54, 1.807) is 20.9 Å². The lowest BCUT2D eigenvalue weighted by molar-refractivity contribution is -0.137. The van der Waals surface area contributed by atoms with Crippen molar-refractivity contribution >= 4 is 11.9 Å². The van der Waals surface area contributed by atoms with Crippen LogP contribution < -0.4 is 0 Å². The van der Waals surface area contributed by atoms with E-state index in [2.05, 4.69) is 9.97 Å². The van der Waals surface area contributed by atoms with Crippen LogP contribution >= 0.6 is 0 Å². The van der Waals surface area contributed by atoms with Crippen molar-refractivity contribution in [1.82, 2.24) is 14.9 Å². The fourth-order valence-corrected chi connectivity index (χ4v) is 1.38. The smallest absolute Gasteiger partial charge is 0.305 e. The summed E-state index contributed by atoms with van der Waals surface area (Å²) in [7, 11) is 1.57. The van der Waals surface area contributed by atoms with Crippen molar-refractivity contribution in [3.63, 3.8) is 0 Å². The monoisotopic (exact) mass is 237 g/mol. The number of hydrogen-bond donors (Lipinski definition) is 1. The predicted molar refractivity (Wildman–Crippen MR) is 60.6 cm³/mol. The van der Waals surface area contributed by atoms with E-state index in [1.165, 1.54) is 17.4 Å². The molecule has 1 rings (SSSR count). The molecule has 1 aromatic rings. The molecule has 1 atom stereocenters. The second-order valence-electron chi connectivity index (χ2n) is 3.88. The van der Waals surface area contributed by atoms with Crippen molar-refractivity contribution in [2.75, 3.05) is 7.05 Å². The lowest BCUT2D eigenvalue weighted by Crippen LogP contribution is -2.37. The molecule has 17 heavy (non-hydrogen) atoms. The van der Waals surface area contributed by atoms with Crippen LogP contribution in [0, 0.1) is 6.92 Å². The number of rotatable bonds is 4. The van der Waals surface area contributed by atoms with Crippen LogP contribution in [0.5, 0.6) is 0 Å². The van der Waals surface area contributed by atoms with Crippen LogP contribution in [-0.2, 0) is 4.79 Å². The van der Waals surface area contributed by atoms with Crippen molar-refractivity contribution in [1.29, 1.82) is 0 Å². The Labute approximate surface area is 99.3 Å². The predicted octanol–water partition coefficient (Wildman–Crippen LogP) is 0.720. The van der Waals surface area contributed by atoms with E-state index >= 15 is 0 Å². The fraction of sp³-hybridized carbons (Fsp3) is 0.455. The summed E-state index contributed by atoms with van der Waals surface area (Å²) >= 11 is 0. The third kappa shape index (κ3) is 3.24. The Bertz CT molecular complexity index is 434. The largest absolute Gasteiger partial charge is 0.481 e. The third-order valence-corrected chi connectivity index (χ3v) is 2.59. The molecule has 0 aliphatic heterocycles. The van der Waals surface area contributed by atoms with Gasteiger partial charge in [-0.25, -0.2) is 9.97 Å². The van der Waals surface area contributed by atoms with Crippen molar-refractivity contribution < 1.29 is 14.7 Å². The first-order valence-corrected chi connectivity index (χ1v) is 5.19. The Morgan fingerprint density at radius 3 is 2.71 bits per heavy atom. The Morgan fingerprint density at radius 2 is 2.18 bits per heavy atom. The summed E-state index contributed by atoms with van der Waals surface area (Å²) in [5.74, 6) is -1.20. The second-order valence-corrected chi connectivity index (χ2v) is 3.88. The molecule has 1 aromatic heterocycles. The minimum Gasteiger partial charge on any atom is -0.481 e. The molecule has 0 aromatic carbocycles. The fourth-order valence-electron chi connectivity index (χ4n) is 1.38. The molecule has 0 fully saturated rings. The van der Waals surface area contributed by atoms with E-state index in [0.29, 0.717) is 11.3 Å². The van der Waals surface area contributed by atoms with Gasteiger partial charge in [-0.3, -0.25) is 9.59 Å². The van der Waals surface area contributed by atoms with Gasteiger partial charge in [0.1, 0.15) is 6.33 Å². The summed E-state index contributed by atoms with van der Waals surface area (Å²) < 4.78 is 0. The van der Waals surface area contributed by atoms with E-state index in [1.807, 2.05) is 0 Å². The summed E-state index contributed by atoms with van der Waals surface area (Å²) in [5.41, 5.74) is 0.978. The first kappa shape index (κ1) is 13.1. The van der Waals surface area contributed by atoms with Gasteiger partial charge in [0.2, 0.25) is 0 Å². The van der Waals surface area contributed by atoms with Crippen LogP contribution in [0.2, 0.25) is 0 Å². The molecule has 1 unspecified atom stereocenters. The van der Waals surface area contributed by atoms with Crippen molar-refractivity contribution in [2.45, 2.75) is 26.3 Å². The Hall–Kier alpha value is -1.98. The topological polar surface area (TPSA) is 83.4 Å². The molecule has 1 N–H and O–H groups in total. The van der Waals surface area contributed by atoms with E-state index in [4.69, 9.17) is 5.11 Å². The molecule has 1 amide bonds. The molecule has 6 nitrogen and oxygen atoms in total. The molecule has 0 saturated heterocycles. The highest BCUT2D eigenvalue weighted by Crippen LogP contribution is 2.10. The molecule has 0 radical (unpaired) electrons. The Morgan fingerprint density at radius 1 is 1.53 bits per heavy atom. The number of aromatic nitrogens is 2. The zero-order chi connectivity index (χ0) is 13.0. The van der Waals surface area contributed by atoms with E-state index in [-0.39, 0.29) is 18.4 Å². The minimum absolute atomic E-state index is 0.0883. The van der Waals surface area contributed by atoms with Gasteiger partial charge >= 0.3 is 5.97 Å². The van der Waals surface area contributed by atoms with Crippen LogP contribution in [0.25, 0.3) is 0 Å². The van der Waals surface area contributed by atoms with E-state index < -0.39 is 5.97 Å². The van der Waals surface area contributed by atoms with Crippen molar-refractivity contribution in [3.8, 4) is 0 Å². The number of carbonyl (C=O) groups is 2. The van der Waals surface area contributed by atoms with Gasteiger partial charge in [-0.1, -0.05) is 0 Å². The van der Waals surface area contributed by atoms with Crippen molar-refractivity contribution in [2.24, 2.45) is 0 Å². The quantitative estimate of drug-likeness (QED) is 0.834. The highest BCUT2D eigenvalue weighted by atomic mass is 16.4. The van der Waals surface area contributed by atoms with Crippen LogP contribution in [0.15, 0.2) is 12.5 Å². The lowest BCUT2D eigenvalue weighted by atomic mass is 10.1. The van der Waals surface area contributed by atoms with Crippen LogP contribution in [0.3, 0.4) is 0 Å². The zero-order valence-corrected chi connectivity index (χ0v) is 10.0. The molecule has 6 heteroatoms. The van der Waals surface area contributed by atoms with Gasteiger partial charge in [0, 0.05) is 19.3 Å². The van der Waals surface area contributed by atoms with Gasteiger partial charge < -0.3 is 10.0 Å². The second kappa shape index (κ2) is 5.38. The standard InChI is InChI=1S/C11H15N3O3/c1-7(4-10(15)16)14(3)11(17)9-5-12-6-13-8(9)2/h5-7H,4H2,1-3H3,(H,15,16). The molecule has 0 aliphatic rings. The highest BCUT2D eigenvalue weighted by molar-refractivity contribution is 5.95. The zero-order valence-electron chi connectivity index (χ0n) is 10.0. The maximum atomic E-state index is 12.0.